The van der Waals surface area contributed by atoms with Crippen LogP contribution in [0.5, 0.6) is 0 Å². The Morgan fingerprint density at radius 1 is 0.833 bits per heavy atom. The molecule has 0 saturated heterocycles. The van der Waals surface area contributed by atoms with E-state index < -0.39 is 0 Å². The van der Waals surface area contributed by atoms with Gasteiger partial charge >= 0.3 is 0 Å². The van der Waals surface area contributed by atoms with Gasteiger partial charge in [0.1, 0.15) is 0 Å². The summed E-state index contributed by atoms with van der Waals surface area (Å²) in [6, 6.07) is 22.6. The third kappa shape index (κ3) is 2.35. The van der Waals surface area contributed by atoms with Gasteiger partial charge in [0.25, 0.3) is 5.68 Å². The molecule has 4 rings (SSSR count). The van der Waals surface area contributed by atoms with Crippen LogP contribution in [-0.2, 0) is 0 Å². The van der Waals surface area contributed by atoms with E-state index in [1.54, 1.807) is 0 Å². The van der Waals surface area contributed by atoms with Crippen molar-refractivity contribution in [3.8, 4) is 16.8 Å². The molecule has 3 heteroatoms. The van der Waals surface area contributed by atoms with E-state index in [0.29, 0.717) is 0 Å². The van der Waals surface area contributed by atoms with Crippen molar-refractivity contribution in [3.63, 3.8) is 0 Å². The SMILES string of the molecule is Cc1cccc(-c2ccc3oc(=N)n(-c4ccccc4C)c3c2)c1. The van der Waals surface area contributed by atoms with E-state index in [2.05, 4.69) is 37.3 Å². The van der Waals surface area contributed by atoms with Gasteiger partial charge in [-0.2, -0.15) is 0 Å². The number of rotatable bonds is 2. The number of aromatic nitrogens is 1. The van der Waals surface area contributed by atoms with Crippen molar-refractivity contribution in [1.82, 2.24) is 4.57 Å². The number of nitrogens with zero attached hydrogens (tertiary/aromatic N) is 1. The summed E-state index contributed by atoms with van der Waals surface area (Å²) >= 11 is 0. The minimum Gasteiger partial charge on any atom is -0.423 e. The third-order valence-corrected chi connectivity index (χ3v) is 4.32. The highest BCUT2D eigenvalue weighted by molar-refractivity contribution is 5.82. The van der Waals surface area contributed by atoms with Crippen LogP contribution in [0.2, 0.25) is 0 Å². The molecule has 0 fully saturated rings. The number of benzene rings is 3. The summed E-state index contributed by atoms with van der Waals surface area (Å²) < 4.78 is 7.52. The quantitative estimate of drug-likeness (QED) is 0.556. The maximum absolute atomic E-state index is 8.24. The molecular weight excluding hydrogens is 296 g/mol. The normalized spacial score (nSPS) is 11.1. The van der Waals surface area contributed by atoms with Gasteiger partial charge in [-0.05, 0) is 48.7 Å². The topological polar surface area (TPSA) is 41.9 Å². The molecular formula is C21H18N2O. The molecule has 1 heterocycles. The Balaban J connectivity index is 1.99. The molecule has 24 heavy (non-hydrogen) atoms. The van der Waals surface area contributed by atoms with Crippen LogP contribution in [0.1, 0.15) is 11.1 Å². The predicted octanol–water partition coefficient (Wildman–Crippen LogP) is 4.99. The molecule has 0 unspecified atom stereocenters. The van der Waals surface area contributed by atoms with Crippen LogP contribution in [0.25, 0.3) is 27.9 Å². The Kier molecular flexibility index (Phi) is 3.35. The third-order valence-electron chi connectivity index (χ3n) is 4.32. The highest BCUT2D eigenvalue weighted by atomic mass is 16.3. The van der Waals surface area contributed by atoms with E-state index >= 15 is 0 Å². The molecule has 0 bridgehead atoms. The summed E-state index contributed by atoms with van der Waals surface area (Å²) in [7, 11) is 0. The Hall–Kier alpha value is -3.07. The number of hydrogen-bond donors (Lipinski definition) is 1. The van der Waals surface area contributed by atoms with E-state index in [0.717, 1.165) is 27.9 Å². The lowest BCUT2D eigenvalue weighted by Crippen LogP contribution is -2.13. The van der Waals surface area contributed by atoms with Gasteiger partial charge in [-0.15, -0.1) is 0 Å². The average Bonchev–Trinajstić information content (AvgIpc) is 2.90. The summed E-state index contributed by atoms with van der Waals surface area (Å²) in [4.78, 5) is 0. The Morgan fingerprint density at radius 3 is 2.42 bits per heavy atom. The van der Waals surface area contributed by atoms with Gasteiger partial charge in [-0.3, -0.25) is 9.98 Å². The molecule has 4 aromatic rings. The van der Waals surface area contributed by atoms with Crippen LogP contribution in [0, 0.1) is 19.3 Å². The molecule has 1 aromatic heterocycles. The molecule has 1 N–H and O–H groups in total. The van der Waals surface area contributed by atoms with Crippen molar-refractivity contribution in [2.75, 3.05) is 0 Å². The lowest BCUT2D eigenvalue weighted by molar-refractivity contribution is 0.509. The zero-order valence-corrected chi connectivity index (χ0v) is 13.7. The van der Waals surface area contributed by atoms with Crippen LogP contribution in [-0.4, -0.2) is 4.57 Å². The molecule has 3 aromatic carbocycles. The van der Waals surface area contributed by atoms with E-state index in [-0.39, 0.29) is 5.68 Å². The highest BCUT2D eigenvalue weighted by Crippen LogP contribution is 2.26. The minimum atomic E-state index is 0.140. The Morgan fingerprint density at radius 2 is 1.62 bits per heavy atom. The number of fused-ring (bicyclic) bond motifs is 1. The first-order chi connectivity index (χ1) is 11.6. The first-order valence-electron chi connectivity index (χ1n) is 7.97. The first-order valence-corrected chi connectivity index (χ1v) is 7.97. The van der Waals surface area contributed by atoms with E-state index in [9.17, 15) is 0 Å². The van der Waals surface area contributed by atoms with Crippen molar-refractivity contribution in [1.29, 1.82) is 5.41 Å². The predicted molar refractivity (Wildman–Crippen MR) is 96.3 cm³/mol. The van der Waals surface area contributed by atoms with Crippen molar-refractivity contribution >= 4 is 11.1 Å². The maximum atomic E-state index is 8.24. The molecule has 0 saturated carbocycles. The highest BCUT2D eigenvalue weighted by Gasteiger charge is 2.12. The maximum Gasteiger partial charge on any atom is 0.299 e. The summed E-state index contributed by atoms with van der Waals surface area (Å²) in [6.07, 6.45) is 0. The fourth-order valence-corrected chi connectivity index (χ4v) is 3.10. The summed E-state index contributed by atoms with van der Waals surface area (Å²) in [5, 5.41) is 8.24. The minimum absolute atomic E-state index is 0.140. The number of aryl methyl sites for hydroxylation is 2. The van der Waals surface area contributed by atoms with Crippen molar-refractivity contribution in [2.24, 2.45) is 0 Å². The number of nitrogens with one attached hydrogen (secondary N) is 1. The standard InChI is InChI=1S/C21H18N2O/c1-14-6-5-8-16(12-14)17-10-11-20-19(13-17)23(21(22)24-20)18-9-4-3-7-15(18)2/h3-13,22H,1-2H3. The monoisotopic (exact) mass is 314 g/mol. The van der Waals surface area contributed by atoms with E-state index in [4.69, 9.17) is 9.83 Å². The van der Waals surface area contributed by atoms with Gasteiger partial charge in [0, 0.05) is 0 Å². The van der Waals surface area contributed by atoms with Crippen LogP contribution >= 0.6 is 0 Å². The first kappa shape index (κ1) is 14.5. The molecule has 0 radical (unpaired) electrons. The summed E-state index contributed by atoms with van der Waals surface area (Å²) in [6.45, 7) is 4.14. The fraction of sp³-hybridized carbons (Fsp3) is 0.0952. The van der Waals surface area contributed by atoms with E-state index in [1.165, 1.54) is 11.1 Å². The second-order valence-electron chi connectivity index (χ2n) is 6.08. The van der Waals surface area contributed by atoms with Gasteiger partial charge in [0.2, 0.25) is 0 Å². The van der Waals surface area contributed by atoms with Gasteiger partial charge in [-0.1, -0.05) is 54.1 Å². The van der Waals surface area contributed by atoms with Crippen molar-refractivity contribution in [3.05, 3.63) is 83.5 Å². The number of hydrogen-bond acceptors (Lipinski definition) is 2. The zero-order chi connectivity index (χ0) is 16.7. The summed E-state index contributed by atoms with van der Waals surface area (Å²) in [5.74, 6) is 0. The second-order valence-corrected chi connectivity index (χ2v) is 6.08. The zero-order valence-electron chi connectivity index (χ0n) is 13.7. The smallest absolute Gasteiger partial charge is 0.299 e. The van der Waals surface area contributed by atoms with Crippen molar-refractivity contribution in [2.45, 2.75) is 13.8 Å². The van der Waals surface area contributed by atoms with Gasteiger partial charge in [0.15, 0.2) is 5.58 Å². The molecule has 0 aliphatic carbocycles. The van der Waals surface area contributed by atoms with Gasteiger partial charge in [-0.25, -0.2) is 0 Å². The molecule has 3 nitrogen and oxygen atoms in total. The molecule has 0 aliphatic heterocycles. The van der Waals surface area contributed by atoms with Gasteiger partial charge in [0.05, 0.1) is 11.2 Å². The Labute approximate surface area is 140 Å². The number of para-hydroxylation sites is 1. The number of oxazole rings is 1. The molecule has 118 valence electrons. The van der Waals surface area contributed by atoms with Gasteiger partial charge < -0.3 is 4.42 Å². The van der Waals surface area contributed by atoms with Crippen LogP contribution < -0.4 is 5.68 Å². The second kappa shape index (κ2) is 5.53. The largest absolute Gasteiger partial charge is 0.423 e. The summed E-state index contributed by atoms with van der Waals surface area (Å²) in [5.41, 5.74) is 7.37. The molecule has 0 spiro atoms. The molecule has 0 atom stereocenters. The Bertz CT molecular complexity index is 1100. The lowest BCUT2D eigenvalue weighted by Gasteiger charge is -2.08. The van der Waals surface area contributed by atoms with Crippen molar-refractivity contribution < 1.29 is 4.42 Å². The fourth-order valence-electron chi connectivity index (χ4n) is 3.10. The average molecular weight is 314 g/mol. The molecule has 0 amide bonds. The lowest BCUT2D eigenvalue weighted by atomic mass is 10.0. The van der Waals surface area contributed by atoms with Crippen LogP contribution in [0.15, 0.2) is 71.1 Å². The molecule has 0 aliphatic rings. The van der Waals surface area contributed by atoms with Crippen LogP contribution in [0.4, 0.5) is 0 Å². The van der Waals surface area contributed by atoms with Crippen LogP contribution in [0.3, 0.4) is 0 Å². The van der Waals surface area contributed by atoms with E-state index in [1.807, 2.05) is 47.9 Å².